The van der Waals surface area contributed by atoms with Gasteiger partial charge in [0, 0.05) is 17.2 Å². The average Bonchev–Trinajstić information content (AvgIpc) is 2.66. The second kappa shape index (κ2) is 4.15. The van der Waals surface area contributed by atoms with Crippen molar-refractivity contribution in [3.63, 3.8) is 0 Å². The summed E-state index contributed by atoms with van der Waals surface area (Å²) in [5, 5.41) is 10.3. The third-order valence-corrected chi connectivity index (χ3v) is 3.60. The van der Waals surface area contributed by atoms with Crippen molar-refractivity contribution in [3.05, 3.63) is 22.7 Å². The predicted molar refractivity (Wildman–Crippen MR) is 64.0 cm³/mol. The highest BCUT2D eigenvalue weighted by atomic mass is 35.5. The van der Waals surface area contributed by atoms with Crippen molar-refractivity contribution >= 4 is 11.6 Å². The molecule has 1 saturated carbocycles. The van der Waals surface area contributed by atoms with Crippen LogP contribution in [-0.4, -0.2) is 12.2 Å². The Morgan fingerprint density at radius 1 is 1.38 bits per heavy atom. The fraction of sp³-hybridized carbons (Fsp3) is 0.500. The van der Waals surface area contributed by atoms with E-state index in [1.165, 1.54) is 6.07 Å². The molecule has 1 aromatic rings. The molecule has 0 saturated heterocycles. The van der Waals surface area contributed by atoms with Crippen molar-refractivity contribution in [1.82, 2.24) is 0 Å². The predicted octanol–water partition coefficient (Wildman–Crippen LogP) is 2.78. The Hall–Kier alpha value is -0.930. The Bertz CT molecular complexity index is 400. The van der Waals surface area contributed by atoms with Crippen LogP contribution in [0.5, 0.6) is 11.5 Å². The lowest BCUT2D eigenvalue weighted by Gasteiger charge is -2.25. The van der Waals surface area contributed by atoms with Gasteiger partial charge in [0.25, 0.3) is 0 Å². The molecule has 0 radical (unpaired) electrons. The molecule has 0 aliphatic heterocycles. The monoisotopic (exact) mass is 241 g/mol. The summed E-state index contributed by atoms with van der Waals surface area (Å²) in [5.41, 5.74) is 6.61. The molecule has 88 valence electrons. The van der Waals surface area contributed by atoms with Crippen LogP contribution in [0.1, 0.15) is 31.2 Å². The Balaban J connectivity index is 2.47. The van der Waals surface area contributed by atoms with Crippen LogP contribution in [0.15, 0.2) is 12.1 Å². The summed E-state index contributed by atoms with van der Waals surface area (Å²) < 4.78 is 5.15. The summed E-state index contributed by atoms with van der Waals surface area (Å²) in [6, 6.07) is 3.26. The number of halogens is 1. The number of hydrogen-bond acceptors (Lipinski definition) is 3. The summed E-state index contributed by atoms with van der Waals surface area (Å²) in [6.07, 6.45) is 3.98. The summed E-state index contributed by atoms with van der Waals surface area (Å²) in [7, 11) is 1.56. The van der Waals surface area contributed by atoms with Crippen molar-refractivity contribution < 1.29 is 9.84 Å². The molecule has 0 spiro atoms. The van der Waals surface area contributed by atoms with Crippen LogP contribution in [0.2, 0.25) is 5.02 Å². The number of ether oxygens (including phenoxy) is 1. The van der Waals surface area contributed by atoms with Gasteiger partial charge < -0.3 is 15.6 Å². The average molecular weight is 242 g/mol. The smallest absolute Gasteiger partial charge is 0.138 e. The first-order chi connectivity index (χ1) is 7.57. The zero-order chi connectivity index (χ0) is 11.8. The van der Waals surface area contributed by atoms with Gasteiger partial charge in [-0.25, -0.2) is 0 Å². The quantitative estimate of drug-likeness (QED) is 0.837. The lowest BCUT2D eigenvalue weighted by molar-refractivity contribution is 0.391. The molecule has 1 aromatic carbocycles. The minimum absolute atomic E-state index is 0.162. The highest BCUT2D eigenvalue weighted by molar-refractivity contribution is 6.32. The van der Waals surface area contributed by atoms with Gasteiger partial charge in [-0.15, -0.1) is 0 Å². The van der Waals surface area contributed by atoms with Crippen molar-refractivity contribution in [2.24, 2.45) is 5.73 Å². The van der Waals surface area contributed by atoms with Gasteiger partial charge in [0.05, 0.1) is 12.1 Å². The van der Waals surface area contributed by atoms with Crippen molar-refractivity contribution in [2.75, 3.05) is 7.11 Å². The van der Waals surface area contributed by atoms with Crippen LogP contribution in [0.3, 0.4) is 0 Å². The highest BCUT2D eigenvalue weighted by Gasteiger charge is 2.34. The van der Waals surface area contributed by atoms with Crippen molar-refractivity contribution in [1.29, 1.82) is 0 Å². The van der Waals surface area contributed by atoms with E-state index in [0.29, 0.717) is 10.8 Å². The van der Waals surface area contributed by atoms with Crippen LogP contribution in [0, 0.1) is 0 Å². The maximum atomic E-state index is 9.92. The largest absolute Gasteiger partial charge is 0.508 e. The minimum atomic E-state index is -0.429. The second-order valence-corrected chi connectivity index (χ2v) is 4.77. The third-order valence-electron chi connectivity index (χ3n) is 3.30. The SMILES string of the molecule is COc1cc(C2(N)CCCC2)c(O)cc1Cl. The van der Waals surface area contributed by atoms with Crippen LogP contribution < -0.4 is 10.5 Å². The standard InChI is InChI=1S/C12H16ClNO2/c1-16-11-6-8(10(15)7-9(11)13)12(14)4-2-3-5-12/h6-7,15H,2-5,14H2,1H3. The topological polar surface area (TPSA) is 55.5 Å². The zero-order valence-electron chi connectivity index (χ0n) is 9.29. The summed E-state index contributed by atoms with van der Waals surface area (Å²) in [6.45, 7) is 0. The summed E-state index contributed by atoms with van der Waals surface area (Å²) in [4.78, 5) is 0. The molecule has 1 fully saturated rings. The van der Waals surface area contributed by atoms with Gasteiger partial charge in [-0.05, 0) is 18.9 Å². The van der Waals surface area contributed by atoms with Crippen LogP contribution in [0.4, 0.5) is 0 Å². The van der Waals surface area contributed by atoms with E-state index in [9.17, 15) is 5.11 Å². The molecule has 0 heterocycles. The first-order valence-corrected chi connectivity index (χ1v) is 5.80. The molecule has 0 unspecified atom stereocenters. The number of rotatable bonds is 2. The van der Waals surface area contributed by atoms with E-state index in [1.807, 2.05) is 0 Å². The Labute approximate surface area is 100 Å². The van der Waals surface area contributed by atoms with Gasteiger partial charge >= 0.3 is 0 Å². The number of hydrogen-bond donors (Lipinski definition) is 2. The van der Waals surface area contributed by atoms with E-state index in [1.54, 1.807) is 13.2 Å². The molecule has 16 heavy (non-hydrogen) atoms. The van der Waals surface area contributed by atoms with Gasteiger partial charge in [-0.3, -0.25) is 0 Å². The number of aromatic hydroxyl groups is 1. The fourth-order valence-corrected chi connectivity index (χ4v) is 2.61. The third kappa shape index (κ3) is 1.85. The van der Waals surface area contributed by atoms with Gasteiger partial charge in [0.1, 0.15) is 11.5 Å². The van der Waals surface area contributed by atoms with Crippen LogP contribution in [-0.2, 0) is 5.54 Å². The molecular weight excluding hydrogens is 226 g/mol. The number of phenols is 1. The molecular formula is C12H16ClNO2. The fourth-order valence-electron chi connectivity index (χ4n) is 2.37. The number of methoxy groups -OCH3 is 1. The van der Waals surface area contributed by atoms with Gasteiger partial charge in [-0.1, -0.05) is 24.4 Å². The molecule has 1 aliphatic carbocycles. The van der Waals surface area contributed by atoms with Crippen molar-refractivity contribution in [3.8, 4) is 11.5 Å². The molecule has 3 nitrogen and oxygen atoms in total. The maximum absolute atomic E-state index is 9.92. The zero-order valence-corrected chi connectivity index (χ0v) is 10.0. The highest BCUT2D eigenvalue weighted by Crippen LogP contribution is 2.43. The minimum Gasteiger partial charge on any atom is -0.508 e. The van der Waals surface area contributed by atoms with Crippen LogP contribution >= 0.6 is 11.6 Å². The lowest BCUT2D eigenvalue weighted by atomic mass is 9.88. The molecule has 2 rings (SSSR count). The molecule has 0 amide bonds. The first kappa shape index (κ1) is 11.6. The molecule has 1 aliphatic rings. The van der Waals surface area contributed by atoms with Gasteiger partial charge in [0.15, 0.2) is 0 Å². The Morgan fingerprint density at radius 2 is 2.00 bits per heavy atom. The molecule has 0 bridgehead atoms. The number of benzene rings is 1. The molecule has 4 heteroatoms. The number of phenolic OH excluding ortho intramolecular Hbond substituents is 1. The maximum Gasteiger partial charge on any atom is 0.138 e. The van der Waals surface area contributed by atoms with E-state index >= 15 is 0 Å². The normalized spacial score (nSPS) is 18.7. The molecule has 0 aromatic heterocycles. The van der Waals surface area contributed by atoms with E-state index in [2.05, 4.69) is 0 Å². The lowest BCUT2D eigenvalue weighted by Crippen LogP contribution is -2.33. The second-order valence-electron chi connectivity index (χ2n) is 4.37. The number of nitrogens with two attached hydrogens (primary N) is 1. The van der Waals surface area contributed by atoms with Crippen molar-refractivity contribution in [2.45, 2.75) is 31.2 Å². The van der Waals surface area contributed by atoms with Gasteiger partial charge in [-0.2, -0.15) is 0 Å². The molecule has 3 N–H and O–H groups in total. The van der Waals surface area contributed by atoms with Gasteiger partial charge in [0.2, 0.25) is 0 Å². The summed E-state index contributed by atoms with van der Waals surface area (Å²) >= 11 is 5.93. The Kier molecular flexibility index (Phi) is 3.00. The molecule has 0 atom stereocenters. The van der Waals surface area contributed by atoms with E-state index in [4.69, 9.17) is 22.1 Å². The van der Waals surface area contributed by atoms with E-state index in [0.717, 1.165) is 31.2 Å². The Morgan fingerprint density at radius 3 is 2.56 bits per heavy atom. The van der Waals surface area contributed by atoms with E-state index < -0.39 is 5.54 Å². The van der Waals surface area contributed by atoms with Crippen LogP contribution in [0.25, 0.3) is 0 Å². The van der Waals surface area contributed by atoms with E-state index in [-0.39, 0.29) is 5.75 Å². The summed E-state index contributed by atoms with van der Waals surface area (Å²) in [5.74, 6) is 0.724. The first-order valence-electron chi connectivity index (χ1n) is 5.43.